The molecule has 1 aliphatic rings. The van der Waals surface area contributed by atoms with Gasteiger partial charge in [-0.1, -0.05) is 0 Å². The second-order valence-corrected chi connectivity index (χ2v) is 5.31. The van der Waals surface area contributed by atoms with Crippen molar-refractivity contribution in [3.05, 3.63) is 29.7 Å². The Morgan fingerprint density at radius 2 is 2.05 bits per heavy atom. The zero-order chi connectivity index (χ0) is 14.8. The van der Waals surface area contributed by atoms with Gasteiger partial charge in [0, 0.05) is 51.0 Å². The molecule has 7 nitrogen and oxygen atoms in total. The molecule has 0 aromatic carbocycles. The van der Waals surface area contributed by atoms with Gasteiger partial charge in [0.2, 0.25) is 0 Å². The summed E-state index contributed by atoms with van der Waals surface area (Å²) >= 11 is 0. The maximum Gasteiger partial charge on any atom is 0.254 e. The van der Waals surface area contributed by atoms with Crippen LogP contribution in [0.4, 0.5) is 0 Å². The first-order valence-corrected chi connectivity index (χ1v) is 7.22. The molecular formula is C14H20N6O. The number of aryl methyl sites for hydroxylation is 1. The molecule has 1 amide bonds. The summed E-state index contributed by atoms with van der Waals surface area (Å²) in [5.41, 5.74) is 6.94. The van der Waals surface area contributed by atoms with Crippen LogP contribution >= 0.6 is 0 Å². The highest BCUT2D eigenvalue weighted by Crippen LogP contribution is 2.11. The first-order chi connectivity index (χ1) is 10.2. The number of carbonyl (C=O) groups excluding carboxylic acids is 1. The molecule has 0 atom stereocenters. The second-order valence-electron chi connectivity index (χ2n) is 5.31. The Balaban J connectivity index is 1.72. The van der Waals surface area contributed by atoms with Crippen LogP contribution in [0, 0.1) is 6.92 Å². The Bertz CT molecular complexity index is 644. The van der Waals surface area contributed by atoms with Gasteiger partial charge >= 0.3 is 0 Å². The van der Waals surface area contributed by atoms with E-state index in [4.69, 9.17) is 5.73 Å². The monoisotopic (exact) mass is 288 g/mol. The molecule has 2 aromatic heterocycles. The van der Waals surface area contributed by atoms with Crippen LogP contribution in [0.15, 0.2) is 18.3 Å². The van der Waals surface area contributed by atoms with Crippen LogP contribution in [0.5, 0.6) is 0 Å². The van der Waals surface area contributed by atoms with Crippen molar-refractivity contribution >= 4 is 11.6 Å². The molecule has 2 aromatic rings. The van der Waals surface area contributed by atoms with E-state index in [1.165, 1.54) is 0 Å². The Labute approximate surface area is 123 Å². The second kappa shape index (κ2) is 5.79. The molecule has 0 unspecified atom stereocenters. The van der Waals surface area contributed by atoms with Crippen LogP contribution in [-0.2, 0) is 0 Å². The van der Waals surface area contributed by atoms with Gasteiger partial charge in [0.05, 0.1) is 0 Å². The van der Waals surface area contributed by atoms with Gasteiger partial charge in [0.15, 0.2) is 5.65 Å². The molecule has 112 valence electrons. The summed E-state index contributed by atoms with van der Waals surface area (Å²) < 4.78 is 1.87. The molecule has 0 aliphatic carbocycles. The third-order valence-corrected chi connectivity index (χ3v) is 3.93. The quantitative estimate of drug-likeness (QED) is 0.843. The molecule has 0 spiro atoms. The number of aromatic nitrogens is 3. The van der Waals surface area contributed by atoms with Crippen LogP contribution in [-0.4, -0.2) is 69.6 Å². The fourth-order valence-corrected chi connectivity index (χ4v) is 2.68. The minimum Gasteiger partial charge on any atom is -0.336 e. The number of piperazine rings is 1. The predicted molar refractivity (Wildman–Crippen MR) is 79.1 cm³/mol. The molecule has 1 fully saturated rings. The molecule has 0 bridgehead atoms. The number of nitrogens with two attached hydrogens (primary N) is 1. The van der Waals surface area contributed by atoms with Crippen molar-refractivity contribution < 1.29 is 4.79 Å². The number of rotatable bonds is 3. The van der Waals surface area contributed by atoms with Crippen LogP contribution in [0.2, 0.25) is 0 Å². The zero-order valence-corrected chi connectivity index (χ0v) is 12.2. The van der Waals surface area contributed by atoms with Crippen molar-refractivity contribution in [1.29, 1.82) is 0 Å². The Morgan fingerprint density at radius 3 is 2.76 bits per heavy atom. The minimum atomic E-state index is 0.0607. The van der Waals surface area contributed by atoms with Crippen LogP contribution in [0.3, 0.4) is 0 Å². The summed E-state index contributed by atoms with van der Waals surface area (Å²) in [7, 11) is 0. The number of hydrogen-bond acceptors (Lipinski definition) is 5. The third-order valence-electron chi connectivity index (χ3n) is 3.93. The maximum absolute atomic E-state index is 12.5. The van der Waals surface area contributed by atoms with E-state index in [0.717, 1.165) is 38.5 Å². The van der Waals surface area contributed by atoms with Gasteiger partial charge in [-0.15, -0.1) is 10.2 Å². The zero-order valence-electron chi connectivity index (χ0n) is 12.2. The number of fused-ring (bicyclic) bond motifs is 1. The van der Waals surface area contributed by atoms with E-state index in [1.54, 1.807) is 6.07 Å². The highest BCUT2D eigenvalue weighted by molar-refractivity contribution is 5.95. The van der Waals surface area contributed by atoms with Gasteiger partial charge in [0.1, 0.15) is 5.82 Å². The Morgan fingerprint density at radius 1 is 1.29 bits per heavy atom. The minimum absolute atomic E-state index is 0.0607. The first-order valence-electron chi connectivity index (χ1n) is 7.22. The van der Waals surface area contributed by atoms with Crippen molar-refractivity contribution in [1.82, 2.24) is 24.4 Å². The average molecular weight is 288 g/mol. The van der Waals surface area contributed by atoms with E-state index in [1.807, 2.05) is 28.5 Å². The van der Waals surface area contributed by atoms with E-state index >= 15 is 0 Å². The van der Waals surface area contributed by atoms with Gasteiger partial charge < -0.3 is 10.6 Å². The van der Waals surface area contributed by atoms with Crippen LogP contribution < -0.4 is 5.73 Å². The van der Waals surface area contributed by atoms with E-state index in [9.17, 15) is 4.79 Å². The Kier molecular flexibility index (Phi) is 3.85. The van der Waals surface area contributed by atoms with Gasteiger partial charge in [-0.05, 0) is 19.1 Å². The van der Waals surface area contributed by atoms with Gasteiger partial charge in [-0.25, -0.2) is 0 Å². The summed E-state index contributed by atoms with van der Waals surface area (Å²) in [6.07, 6.45) is 1.85. The van der Waals surface area contributed by atoms with Crippen molar-refractivity contribution in [3.63, 3.8) is 0 Å². The number of hydrogen-bond donors (Lipinski definition) is 1. The summed E-state index contributed by atoms with van der Waals surface area (Å²) in [5, 5.41) is 8.07. The summed E-state index contributed by atoms with van der Waals surface area (Å²) in [6.45, 7) is 6.71. The van der Waals surface area contributed by atoms with Gasteiger partial charge in [-0.3, -0.25) is 14.1 Å². The summed E-state index contributed by atoms with van der Waals surface area (Å²) in [6, 6.07) is 3.63. The number of amides is 1. The lowest BCUT2D eigenvalue weighted by molar-refractivity contribution is 0.0641. The normalized spacial score (nSPS) is 16.6. The topological polar surface area (TPSA) is 79.8 Å². The maximum atomic E-state index is 12.5. The van der Waals surface area contributed by atoms with Crippen LogP contribution in [0.1, 0.15) is 16.2 Å². The molecule has 3 heterocycles. The number of nitrogens with zero attached hydrogens (tertiary/aromatic N) is 5. The van der Waals surface area contributed by atoms with Crippen molar-refractivity contribution in [2.75, 3.05) is 39.3 Å². The smallest absolute Gasteiger partial charge is 0.254 e. The lowest BCUT2D eigenvalue weighted by Crippen LogP contribution is -2.49. The van der Waals surface area contributed by atoms with Gasteiger partial charge in [0.25, 0.3) is 5.91 Å². The first kappa shape index (κ1) is 14.0. The molecule has 3 rings (SSSR count). The van der Waals surface area contributed by atoms with E-state index in [0.29, 0.717) is 17.8 Å². The van der Waals surface area contributed by atoms with E-state index in [2.05, 4.69) is 15.1 Å². The highest BCUT2D eigenvalue weighted by atomic mass is 16.2. The molecule has 0 saturated carbocycles. The predicted octanol–water partition coefficient (Wildman–Crippen LogP) is -0.246. The average Bonchev–Trinajstić information content (AvgIpc) is 2.88. The van der Waals surface area contributed by atoms with Gasteiger partial charge in [-0.2, -0.15) is 0 Å². The fourth-order valence-electron chi connectivity index (χ4n) is 2.68. The molecule has 1 saturated heterocycles. The van der Waals surface area contributed by atoms with Crippen molar-refractivity contribution in [2.45, 2.75) is 6.92 Å². The van der Waals surface area contributed by atoms with E-state index < -0.39 is 0 Å². The third kappa shape index (κ3) is 2.74. The molecule has 0 radical (unpaired) electrons. The lowest BCUT2D eigenvalue weighted by atomic mass is 10.2. The number of pyridine rings is 1. The molecule has 21 heavy (non-hydrogen) atoms. The number of carbonyl (C=O) groups is 1. The molecule has 7 heteroatoms. The van der Waals surface area contributed by atoms with Crippen molar-refractivity contribution in [2.24, 2.45) is 5.73 Å². The van der Waals surface area contributed by atoms with E-state index in [-0.39, 0.29) is 5.91 Å². The molecular weight excluding hydrogens is 268 g/mol. The Hall–Kier alpha value is -1.99. The summed E-state index contributed by atoms with van der Waals surface area (Å²) in [4.78, 5) is 16.7. The van der Waals surface area contributed by atoms with Crippen LogP contribution in [0.25, 0.3) is 5.65 Å². The summed E-state index contributed by atoms with van der Waals surface area (Å²) in [5.74, 6) is 0.880. The SMILES string of the molecule is Cc1nnc2cc(C(=O)N3CCN(CCN)CC3)ccn12. The highest BCUT2D eigenvalue weighted by Gasteiger charge is 2.22. The van der Waals surface area contributed by atoms with Crippen molar-refractivity contribution in [3.8, 4) is 0 Å². The largest absolute Gasteiger partial charge is 0.336 e. The lowest BCUT2D eigenvalue weighted by Gasteiger charge is -2.34. The molecule has 1 aliphatic heterocycles. The fraction of sp³-hybridized carbons (Fsp3) is 0.500. The standard InChI is InChI=1S/C14H20N6O/c1-11-16-17-13-10-12(2-4-20(11)13)14(21)19-8-6-18(5-3-15)7-9-19/h2,4,10H,3,5-9,15H2,1H3. The molecule has 2 N–H and O–H groups in total.